The second-order valence-corrected chi connectivity index (χ2v) is 20.1. The molecule has 6 unspecified atom stereocenters. The van der Waals surface area contributed by atoms with Crippen LogP contribution in [-0.4, -0.2) is 127 Å². The van der Waals surface area contributed by atoms with Gasteiger partial charge < -0.3 is 58.7 Å². The molecule has 20 nitrogen and oxygen atoms in total. The van der Waals surface area contributed by atoms with Gasteiger partial charge in [-0.1, -0.05) is 111 Å². The molecular weight excluding hydrogens is 943 g/mol. The molecule has 410 valence electrons. The molecule has 0 aromatic carbocycles. The number of Topliss-reactive ketones (excluding diaryl/α,β-unsaturated/α-hetero) is 1. The number of nitrogens with zero attached hydrogens (tertiary/aromatic N) is 1. The predicted octanol–water partition coefficient (Wildman–Crippen LogP) is 3.19. The average molecular weight is 1030 g/mol. The quantitative estimate of drug-likeness (QED) is 0.0338. The highest BCUT2D eigenvalue weighted by atomic mass is 32.2. The van der Waals surface area contributed by atoms with Gasteiger partial charge in [0.15, 0.2) is 11.7 Å². The number of amides is 7. The monoisotopic (exact) mass is 1030 g/mol. The van der Waals surface area contributed by atoms with Crippen LogP contribution in [-0.2, 0) is 38.4 Å². The molecule has 12 N–H and O–H groups in total. The van der Waals surface area contributed by atoms with Crippen molar-refractivity contribution >= 4 is 64.9 Å². The Morgan fingerprint density at radius 3 is 2.03 bits per heavy atom. The van der Waals surface area contributed by atoms with E-state index in [4.69, 9.17) is 5.73 Å². The number of nitrogens with one attached hydrogen (secondary N) is 9. The summed E-state index contributed by atoms with van der Waals surface area (Å²) in [6, 6.07) is -4.79. The van der Waals surface area contributed by atoms with Crippen LogP contribution >= 0.6 is 11.8 Å². The van der Waals surface area contributed by atoms with E-state index < -0.39 is 89.9 Å². The summed E-state index contributed by atoms with van der Waals surface area (Å²) >= 11 is 1.04. The summed E-state index contributed by atoms with van der Waals surface area (Å²) in [5, 5.41) is 36.3. The van der Waals surface area contributed by atoms with Gasteiger partial charge in [-0.15, -0.1) is 11.8 Å². The number of unbranched alkanes of at least 4 members (excludes halogenated alkanes) is 12. The average Bonchev–Trinajstić information content (AvgIpc) is 3.34. The SMILES string of the molecule is C=C1CNC(=O)C(CC(C)C)NC(=O)C(CC(=O)C(C)NC(=O)CCCCCC)CC2(CS/C=C\NC(=O)C(CO)NC(=O)C(CCC(N)=O)NC2=O)N1.CCCCCCCCCCCCNC(=NC)NC. The van der Waals surface area contributed by atoms with Gasteiger partial charge in [-0.25, -0.2) is 0 Å². The number of carbonyl (C=O) groups excluding carboxylic acids is 8. The fourth-order valence-electron chi connectivity index (χ4n) is 8.13. The number of primary amides is 1. The Morgan fingerprint density at radius 2 is 1.44 bits per heavy atom. The summed E-state index contributed by atoms with van der Waals surface area (Å²) in [5.41, 5.74) is 3.73. The summed E-state index contributed by atoms with van der Waals surface area (Å²) in [5.74, 6) is -5.73. The van der Waals surface area contributed by atoms with Crippen molar-refractivity contribution in [2.24, 2.45) is 22.6 Å². The molecule has 72 heavy (non-hydrogen) atoms. The summed E-state index contributed by atoms with van der Waals surface area (Å²) in [4.78, 5) is 110. The van der Waals surface area contributed by atoms with Gasteiger partial charge >= 0.3 is 0 Å². The molecule has 6 atom stereocenters. The van der Waals surface area contributed by atoms with Crippen LogP contribution in [0.15, 0.2) is 28.9 Å². The van der Waals surface area contributed by atoms with E-state index in [-0.39, 0.29) is 61.9 Å². The van der Waals surface area contributed by atoms with Gasteiger partial charge in [0, 0.05) is 63.5 Å². The van der Waals surface area contributed by atoms with Gasteiger partial charge in [0.05, 0.1) is 19.2 Å². The number of rotatable bonds is 26. The number of carbonyl (C=O) groups is 8. The number of nitrogens with two attached hydrogens (primary N) is 1. The normalized spacial score (nSPS) is 22.3. The van der Waals surface area contributed by atoms with Crippen molar-refractivity contribution < 1.29 is 43.5 Å². The van der Waals surface area contributed by atoms with Gasteiger partial charge in [-0.2, -0.15) is 0 Å². The maximum absolute atomic E-state index is 14.6. The minimum absolute atomic E-state index is 0.00903. The third-order valence-electron chi connectivity index (χ3n) is 12.3. The maximum atomic E-state index is 14.6. The van der Waals surface area contributed by atoms with E-state index in [0.717, 1.165) is 43.5 Å². The molecule has 1 spiro atoms. The lowest BCUT2D eigenvalue weighted by Crippen LogP contribution is -2.64. The van der Waals surface area contributed by atoms with Crippen molar-refractivity contribution in [3.05, 3.63) is 23.9 Å². The molecule has 2 aliphatic heterocycles. The van der Waals surface area contributed by atoms with Crippen LogP contribution in [0.25, 0.3) is 0 Å². The first kappa shape index (κ1) is 64.8. The molecule has 2 heterocycles. The van der Waals surface area contributed by atoms with Crippen molar-refractivity contribution in [3.8, 4) is 0 Å². The molecule has 21 heteroatoms. The Labute approximate surface area is 433 Å². The van der Waals surface area contributed by atoms with E-state index in [9.17, 15) is 43.5 Å². The number of guanidine groups is 1. The minimum Gasteiger partial charge on any atom is -0.394 e. The van der Waals surface area contributed by atoms with Crippen LogP contribution < -0.4 is 53.6 Å². The van der Waals surface area contributed by atoms with Crippen LogP contribution in [0.5, 0.6) is 0 Å². The lowest BCUT2D eigenvalue weighted by atomic mass is 9.83. The smallest absolute Gasteiger partial charge is 0.248 e. The van der Waals surface area contributed by atoms with Crippen molar-refractivity contribution in [2.75, 3.05) is 39.5 Å². The zero-order chi connectivity index (χ0) is 53.9. The van der Waals surface area contributed by atoms with Gasteiger partial charge in [0.25, 0.3) is 0 Å². The largest absolute Gasteiger partial charge is 0.394 e. The highest BCUT2D eigenvalue weighted by molar-refractivity contribution is 8.02. The Morgan fingerprint density at radius 1 is 0.833 bits per heavy atom. The fourth-order valence-corrected chi connectivity index (χ4v) is 9.00. The number of hydrogen-bond acceptors (Lipinski definition) is 12. The van der Waals surface area contributed by atoms with Gasteiger partial charge in [0.1, 0.15) is 23.7 Å². The fraction of sp³-hybridized carbons (Fsp3) is 0.745. The molecule has 0 aromatic heterocycles. The second kappa shape index (κ2) is 37.5. The zero-order valence-corrected chi connectivity index (χ0v) is 45.3. The first-order chi connectivity index (χ1) is 34.4. The predicted molar refractivity (Wildman–Crippen MR) is 285 cm³/mol. The molecule has 1 saturated heterocycles. The number of aliphatic hydroxyl groups excluding tert-OH is 1. The van der Waals surface area contributed by atoms with E-state index in [0.29, 0.717) is 6.42 Å². The first-order valence-electron chi connectivity index (χ1n) is 26.2. The second-order valence-electron chi connectivity index (χ2n) is 19.2. The Hall–Kier alpha value is -5.18. The lowest BCUT2D eigenvalue weighted by molar-refractivity contribution is -0.137. The van der Waals surface area contributed by atoms with Crippen molar-refractivity contribution in [2.45, 2.75) is 193 Å². The number of hydrogen-bond donors (Lipinski definition) is 11. The molecule has 0 aromatic rings. The van der Waals surface area contributed by atoms with E-state index in [1.165, 1.54) is 82.7 Å². The van der Waals surface area contributed by atoms with Gasteiger partial charge in [-0.05, 0) is 50.4 Å². The van der Waals surface area contributed by atoms with E-state index >= 15 is 0 Å². The van der Waals surface area contributed by atoms with Crippen LogP contribution in [0.4, 0.5) is 0 Å². The van der Waals surface area contributed by atoms with E-state index in [2.05, 4.69) is 73.3 Å². The van der Waals surface area contributed by atoms with Gasteiger partial charge in [-0.3, -0.25) is 43.3 Å². The van der Waals surface area contributed by atoms with E-state index in [1.54, 1.807) is 7.05 Å². The third kappa shape index (κ3) is 27.0. The first-order valence-corrected chi connectivity index (χ1v) is 27.2. The topological polar surface area (TPSA) is 303 Å². The maximum Gasteiger partial charge on any atom is 0.248 e. The molecule has 0 bridgehead atoms. The summed E-state index contributed by atoms with van der Waals surface area (Å²) in [7, 11) is 3.70. The van der Waals surface area contributed by atoms with Crippen molar-refractivity contribution in [3.63, 3.8) is 0 Å². The molecule has 7 amide bonds. The highest BCUT2D eigenvalue weighted by Gasteiger charge is 2.45. The molecule has 2 aliphatic rings. The molecular formula is C51H91N11O9S. The van der Waals surface area contributed by atoms with Crippen molar-refractivity contribution in [1.29, 1.82) is 0 Å². The summed E-state index contributed by atoms with van der Waals surface area (Å²) in [6.07, 6.45) is 17.7. The summed E-state index contributed by atoms with van der Waals surface area (Å²) < 4.78 is 0. The van der Waals surface area contributed by atoms with Gasteiger partial charge in [0.2, 0.25) is 41.4 Å². The molecule has 0 saturated carbocycles. The number of aliphatic imine (C=N–C) groups is 1. The third-order valence-corrected chi connectivity index (χ3v) is 13.3. The Balaban J connectivity index is 0.00000121. The molecule has 1 fully saturated rings. The molecule has 0 aliphatic carbocycles. The van der Waals surface area contributed by atoms with Crippen LogP contribution in [0.2, 0.25) is 0 Å². The minimum atomic E-state index is -1.80. The molecule has 0 radical (unpaired) electrons. The number of thioether (sulfide) groups is 1. The Bertz CT molecular complexity index is 1780. The molecule has 2 rings (SSSR count). The Kier molecular flexibility index (Phi) is 33.8. The van der Waals surface area contributed by atoms with Crippen LogP contribution in [0, 0.1) is 11.8 Å². The highest BCUT2D eigenvalue weighted by Crippen LogP contribution is 2.29. The van der Waals surface area contributed by atoms with E-state index in [1.807, 2.05) is 20.9 Å². The lowest BCUT2D eigenvalue weighted by Gasteiger charge is -2.38. The summed E-state index contributed by atoms with van der Waals surface area (Å²) in [6.45, 7) is 13.7. The number of ketones is 1. The zero-order valence-electron chi connectivity index (χ0n) is 44.4. The van der Waals surface area contributed by atoms with Crippen LogP contribution in [0.3, 0.4) is 0 Å². The number of aliphatic hydroxyl groups is 1. The van der Waals surface area contributed by atoms with Crippen LogP contribution in [0.1, 0.15) is 163 Å². The standard InChI is InChI=1S/C36H58N8O9S.C15H33N3/c1-6-7-8-9-10-30(48)40-23(5)28(46)16-24-17-36(44-22(4)18-39-32(50)26(15-21(2)3)41-31(24)49)20-54-14-13-38-33(51)27(19-45)42-34(52)25(43-35(36)53)11-12-29(37)47;1-4-5-6-7-8-9-10-11-12-13-14-18-15(16-2)17-3/h13-14,21,23-27,44-45H,4,6-12,15-20H2,1-3,5H3,(H2,37,47)(H,38,51)(H,39,50)(H,40,48)(H,41,49)(H,42,52)(H,43,53);4-14H2,1-3H3,(H2,16,17,18)/b14-13-;. The van der Waals surface area contributed by atoms with Crippen molar-refractivity contribution in [1.82, 2.24) is 47.9 Å².